The van der Waals surface area contributed by atoms with Crippen LogP contribution in [0, 0.1) is 0 Å². The van der Waals surface area contributed by atoms with Crippen LogP contribution in [0.3, 0.4) is 0 Å². The van der Waals surface area contributed by atoms with Crippen molar-refractivity contribution >= 4 is 17.2 Å². The van der Waals surface area contributed by atoms with E-state index in [9.17, 15) is 4.79 Å². The molecule has 4 heteroatoms. The van der Waals surface area contributed by atoms with Crippen molar-refractivity contribution in [1.29, 1.82) is 0 Å². The van der Waals surface area contributed by atoms with E-state index in [1.54, 1.807) is 11.3 Å². The van der Waals surface area contributed by atoms with Crippen molar-refractivity contribution in [3.63, 3.8) is 0 Å². The Morgan fingerprint density at radius 1 is 1.04 bits per heavy atom. The van der Waals surface area contributed by atoms with Crippen molar-refractivity contribution in [2.75, 3.05) is 13.1 Å². The van der Waals surface area contributed by atoms with E-state index < -0.39 is 6.04 Å². The van der Waals surface area contributed by atoms with Crippen LogP contribution in [0.2, 0.25) is 0 Å². The minimum Gasteiger partial charge on any atom is -0.341 e. The zero-order valence-electron chi connectivity index (χ0n) is 16.0. The van der Waals surface area contributed by atoms with E-state index in [0.717, 1.165) is 31.5 Å². The van der Waals surface area contributed by atoms with E-state index in [1.165, 1.54) is 16.7 Å². The number of amides is 1. The lowest BCUT2D eigenvalue weighted by molar-refractivity contribution is -0.133. The molecule has 1 aliphatic rings. The van der Waals surface area contributed by atoms with Crippen molar-refractivity contribution in [3.8, 4) is 11.1 Å². The lowest BCUT2D eigenvalue weighted by Crippen LogP contribution is -2.47. The highest BCUT2D eigenvalue weighted by Gasteiger charge is 2.27. The van der Waals surface area contributed by atoms with Gasteiger partial charge >= 0.3 is 0 Å². The van der Waals surface area contributed by atoms with Crippen LogP contribution in [0.5, 0.6) is 0 Å². The van der Waals surface area contributed by atoms with Gasteiger partial charge in [0, 0.05) is 13.1 Å². The first-order valence-corrected chi connectivity index (χ1v) is 10.9. The van der Waals surface area contributed by atoms with Gasteiger partial charge in [0.1, 0.15) is 0 Å². The number of carbonyl (C=O) groups is 1. The Bertz CT molecular complexity index is 899. The summed E-state index contributed by atoms with van der Waals surface area (Å²) in [6.45, 7) is 1.58. The number of benzene rings is 2. The Morgan fingerprint density at radius 3 is 2.50 bits per heavy atom. The quantitative estimate of drug-likeness (QED) is 0.687. The summed E-state index contributed by atoms with van der Waals surface area (Å²) >= 11 is 1.65. The van der Waals surface area contributed by atoms with Crippen LogP contribution in [0.1, 0.15) is 29.9 Å². The third-order valence-corrected chi connectivity index (χ3v) is 6.36. The van der Waals surface area contributed by atoms with Gasteiger partial charge in [-0.2, -0.15) is 11.3 Å². The number of hydrogen-bond acceptors (Lipinski definition) is 3. The Morgan fingerprint density at radius 2 is 1.79 bits per heavy atom. The summed E-state index contributed by atoms with van der Waals surface area (Å²) in [6, 6.07) is 20.9. The van der Waals surface area contributed by atoms with Gasteiger partial charge in [-0.25, -0.2) is 0 Å². The van der Waals surface area contributed by atoms with E-state index >= 15 is 0 Å². The van der Waals surface area contributed by atoms with Crippen LogP contribution in [-0.2, 0) is 11.2 Å². The third kappa shape index (κ3) is 4.34. The van der Waals surface area contributed by atoms with Gasteiger partial charge in [-0.15, -0.1) is 0 Å². The molecule has 1 aliphatic heterocycles. The van der Waals surface area contributed by atoms with Crippen LogP contribution >= 0.6 is 11.3 Å². The summed E-state index contributed by atoms with van der Waals surface area (Å²) in [5, 5.41) is 4.10. The fourth-order valence-corrected chi connectivity index (χ4v) is 4.70. The first kappa shape index (κ1) is 18.9. The number of nitrogens with two attached hydrogens (primary N) is 1. The fourth-order valence-electron chi connectivity index (χ4n) is 4.02. The number of piperidine rings is 1. The zero-order valence-corrected chi connectivity index (χ0v) is 16.8. The predicted octanol–water partition coefficient (Wildman–Crippen LogP) is 4.69. The lowest BCUT2D eigenvalue weighted by atomic mass is 9.87. The van der Waals surface area contributed by atoms with E-state index in [1.807, 2.05) is 22.4 Å². The largest absolute Gasteiger partial charge is 0.341 e. The van der Waals surface area contributed by atoms with E-state index in [2.05, 4.69) is 53.9 Å². The van der Waals surface area contributed by atoms with E-state index in [0.29, 0.717) is 12.3 Å². The summed E-state index contributed by atoms with van der Waals surface area (Å²) in [4.78, 5) is 14.7. The van der Waals surface area contributed by atoms with Crippen LogP contribution in [0.15, 0.2) is 71.4 Å². The number of nitrogens with zero attached hydrogens (tertiary/aromatic N) is 1. The number of likely N-dealkylation sites (tertiary alicyclic amines) is 1. The highest BCUT2D eigenvalue weighted by Crippen LogP contribution is 2.31. The molecular formula is C24H26N2OS. The van der Waals surface area contributed by atoms with Gasteiger partial charge in [0.15, 0.2) is 0 Å². The molecule has 1 aromatic heterocycles. The summed E-state index contributed by atoms with van der Waals surface area (Å²) in [5.41, 5.74) is 11.2. The highest BCUT2D eigenvalue weighted by molar-refractivity contribution is 7.07. The predicted molar refractivity (Wildman–Crippen MR) is 116 cm³/mol. The first-order valence-electron chi connectivity index (χ1n) is 9.91. The van der Waals surface area contributed by atoms with Crippen molar-refractivity contribution in [2.24, 2.45) is 5.73 Å². The maximum Gasteiger partial charge on any atom is 0.239 e. The second kappa shape index (κ2) is 8.72. The van der Waals surface area contributed by atoms with Crippen LogP contribution in [-0.4, -0.2) is 29.9 Å². The number of thiophene rings is 1. The van der Waals surface area contributed by atoms with Crippen molar-refractivity contribution in [2.45, 2.75) is 31.2 Å². The molecular weight excluding hydrogens is 364 g/mol. The summed E-state index contributed by atoms with van der Waals surface area (Å²) in [7, 11) is 0. The average molecular weight is 391 g/mol. The van der Waals surface area contributed by atoms with Crippen LogP contribution in [0.4, 0.5) is 0 Å². The van der Waals surface area contributed by atoms with E-state index in [4.69, 9.17) is 5.73 Å². The topological polar surface area (TPSA) is 46.3 Å². The standard InChI is InChI=1S/C24H26N2OS/c25-23(15-18-11-14-28-17-18)24(27)26-12-9-20(10-13-26)22-8-4-7-21(16-22)19-5-2-1-3-6-19/h1-8,11,14,16-17,20,23H,9-10,12-13,15,25H2. The maximum absolute atomic E-state index is 12.7. The van der Waals surface area contributed by atoms with Gasteiger partial charge in [0.2, 0.25) is 5.91 Å². The summed E-state index contributed by atoms with van der Waals surface area (Å²) in [6.07, 6.45) is 2.62. The Hall–Kier alpha value is -2.43. The minimum absolute atomic E-state index is 0.0858. The second-order valence-corrected chi connectivity index (χ2v) is 8.31. The van der Waals surface area contributed by atoms with Gasteiger partial charge in [-0.3, -0.25) is 4.79 Å². The molecule has 3 nitrogen and oxygen atoms in total. The fraction of sp³-hybridized carbons (Fsp3) is 0.292. The molecule has 2 N–H and O–H groups in total. The Kier molecular flexibility index (Phi) is 5.89. The number of rotatable bonds is 5. The molecule has 1 atom stereocenters. The van der Waals surface area contributed by atoms with Gasteiger partial charge in [-0.1, -0.05) is 54.6 Å². The molecule has 144 valence electrons. The van der Waals surface area contributed by atoms with E-state index in [-0.39, 0.29) is 5.91 Å². The number of carbonyl (C=O) groups excluding carboxylic acids is 1. The SMILES string of the molecule is NC(Cc1ccsc1)C(=O)N1CCC(c2cccc(-c3ccccc3)c2)CC1. The van der Waals surface area contributed by atoms with Gasteiger partial charge in [-0.05, 0) is 64.3 Å². The summed E-state index contributed by atoms with van der Waals surface area (Å²) in [5.74, 6) is 0.587. The summed E-state index contributed by atoms with van der Waals surface area (Å²) < 4.78 is 0. The molecule has 0 aliphatic carbocycles. The van der Waals surface area contributed by atoms with Gasteiger partial charge in [0.25, 0.3) is 0 Å². The van der Waals surface area contributed by atoms with Gasteiger partial charge in [0.05, 0.1) is 6.04 Å². The molecule has 0 bridgehead atoms. The molecule has 0 spiro atoms. The molecule has 28 heavy (non-hydrogen) atoms. The van der Waals surface area contributed by atoms with Gasteiger partial charge < -0.3 is 10.6 Å². The van der Waals surface area contributed by atoms with Crippen LogP contribution < -0.4 is 5.73 Å². The van der Waals surface area contributed by atoms with Crippen molar-refractivity contribution in [1.82, 2.24) is 4.90 Å². The second-order valence-electron chi connectivity index (χ2n) is 7.53. The molecule has 1 unspecified atom stereocenters. The molecule has 0 radical (unpaired) electrons. The lowest BCUT2D eigenvalue weighted by Gasteiger charge is -2.34. The third-order valence-electron chi connectivity index (χ3n) is 5.62. The first-order chi connectivity index (χ1) is 13.7. The molecule has 0 saturated carbocycles. The Balaban J connectivity index is 1.37. The minimum atomic E-state index is -0.437. The normalized spacial score (nSPS) is 16.1. The maximum atomic E-state index is 12.7. The number of hydrogen-bond donors (Lipinski definition) is 1. The van der Waals surface area contributed by atoms with Crippen LogP contribution in [0.25, 0.3) is 11.1 Å². The van der Waals surface area contributed by atoms with Crippen molar-refractivity contribution in [3.05, 3.63) is 82.6 Å². The monoisotopic (exact) mass is 390 g/mol. The molecule has 3 aromatic rings. The molecule has 2 aromatic carbocycles. The molecule has 1 saturated heterocycles. The zero-order chi connectivity index (χ0) is 19.3. The van der Waals surface area contributed by atoms with Crippen molar-refractivity contribution < 1.29 is 4.79 Å². The molecule has 4 rings (SSSR count). The Labute approximate surface area is 170 Å². The highest BCUT2D eigenvalue weighted by atomic mass is 32.1. The molecule has 1 fully saturated rings. The molecule has 2 heterocycles. The molecule has 1 amide bonds. The average Bonchev–Trinajstić information content (AvgIpc) is 3.27. The smallest absolute Gasteiger partial charge is 0.239 e.